The third kappa shape index (κ3) is 5.94. The summed E-state index contributed by atoms with van der Waals surface area (Å²) in [4.78, 5) is 28.3. The predicted octanol–water partition coefficient (Wildman–Crippen LogP) is 2.52. The van der Waals surface area contributed by atoms with Crippen molar-refractivity contribution in [2.45, 2.75) is 47.1 Å². The number of hydrogen-bond acceptors (Lipinski definition) is 3. The van der Waals surface area contributed by atoms with Gasteiger partial charge in [0.15, 0.2) is 0 Å². The standard InChI is InChI=1S/C16H25N3O2/c1-10(2)8-14(20)19-15(11(3)4)16(21)18-13-9-12(5)6-7-17-13/h6-7,9-11,15H,8H2,1-5H3,(H,19,20)(H,17,18,21). The van der Waals surface area contributed by atoms with Gasteiger partial charge in [-0.25, -0.2) is 4.98 Å². The van der Waals surface area contributed by atoms with Crippen molar-refractivity contribution in [2.75, 3.05) is 5.32 Å². The van der Waals surface area contributed by atoms with Crippen molar-refractivity contribution in [3.63, 3.8) is 0 Å². The lowest BCUT2D eigenvalue weighted by Gasteiger charge is -2.22. The Bertz CT molecular complexity index is 498. The summed E-state index contributed by atoms with van der Waals surface area (Å²) in [5.41, 5.74) is 1.02. The first-order valence-corrected chi connectivity index (χ1v) is 7.32. The van der Waals surface area contributed by atoms with Gasteiger partial charge in [-0.05, 0) is 36.5 Å². The third-order valence-corrected chi connectivity index (χ3v) is 3.03. The minimum atomic E-state index is -0.557. The molecule has 0 aliphatic carbocycles. The van der Waals surface area contributed by atoms with Gasteiger partial charge in [0.25, 0.3) is 0 Å². The second kappa shape index (κ2) is 7.76. The van der Waals surface area contributed by atoms with E-state index in [0.29, 0.717) is 12.2 Å². The van der Waals surface area contributed by atoms with Crippen LogP contribution in [0.25, 0.3) is 0 Å². The van der Waals surface area contributed by atoms with E-state index in [1.165, 1.54) is 0 Å². The highest BCUT2D eigenvalue weighted by molar-refractivity contribution is 5.96. The summed E-state index contributed by atoms with van der Waals surface area (Å²) in [6.07, 6.45) is 2.06. The molecule has 0 saturated carbocycles. The normalized spacial score (nSPS) is 12.3. The molecule has 5 heteroatoms. The van der Waals surface area contributed by atoms with E-state index < -0.39 is 6.04 Å². The van der Waals surface area contributed by atoms with E-state index in [9.17, 15) is 9.59 Å². The van der Waals surface area contributed by atoms with E-state index in [1.54, 1.807) is 12.3 Å². The molecule has 2 N–H and O–H groups in total. The van der Waals surface area contributed by atoms with E-state index in [1.807, 2.05) is 40.7 Å². The summed E-state index contributed by atoms with van der Waals surface area (Å²) in [5.74, 6) is 0.435. The highest BCUT2D eigenvalue weighted by Crippen LogP contribution is 2.10. The van der Waals surface area contributed by atoms with Crippen LogP contribution in [-0.2, 0) is 9.59 Å². The Morgan fingerprint density at radius 1 is 1.24 bits per heavy atom. The van der Waals surface area contributed by atoms with Gasteiger partial charge in [0.05, 0.1) is 0 Å². The van der Waals surface area contributed by atoms with Gasteiger partial charge in [-0.2, -0.15) is 0 Å². The van der Waals surface area contributed by atoms with Crippen molar-refractivity contribution in [1.82, 2.24) is 10.3 Å². The SMILES string of the molecule is Cc1ccnc(NC(=O)C(NC(=O)CC(C)C)C(C)C)c1. The second-order valence-electron chi connectivity index (χ2n) is 6.09. The fourth-order valence-corrected chi connectivity index (χ4v) is 1.95. The molecule has 0 aliphatic heterocycles. The second-order valence-corrected chi connectivity index (χ2v) is 6.09. The van der Waals surface area contributed by atoms with Gasteiger partial charge in [-0.1, -0.05) is 27.7 Å². The molecule has 0 bridgehead atoms. The van der Waals surface area contributed by atoms with Crippen LogP contribution in [0.5, 0.6) is 0 Å². The first-order valence-electron chi connectivity index (χ1n) is 7.32. The predicted molar refractivity (Wildman–Crippen MR) is 83.8 cm³/mol. The van der Waals surface area contributed by atoms with Crippen molar-refractivity contribution >= 4 is 17.6 Å². The fraction of sp³-hybridized carbons (Fsp3) is 0.562. The van der Waals surface area contributed by atoms with Crippen molar-refractivity contribution in [1.29, 1.82) is 0 Å². The number of rotatable bonds is 6. The number of nitrogens with one attached hydrogen (secondary N) is 2. The summed E-state index contributed by atoms with van der Waals surface area (Å²) < 4.78 is 0. The lowest BCUT2D eigenvalue weighted by Crippen LogP contribution is -2.47. The Labute approximate surface area is 126 Å². The summed E-state index contributed by atoms with van der Waals surface area (Å²) >= 11 is 0. The van der Waals surface area contributed by atoms with Gasteiger partial charge < -0.3 is 10.6 Å². The number of hydrogen-bond donors (Lipinski definition) is 2. The van der Waals surface area contributed by atoms with E-state index in [2.05, 4.69) is 15.6 Å². The van der Waals surface area contributed by atoms with Crippen molar-refractivity contribution in [3.8, 4) is 0 Å². The number of amides is 2. The van der Waals surface area contributed by atoms with Crippen LogP contribution in [0.4, 0.5) is 5.82 Å². The first-order chi connectivity index (χ1) is 9.79. The average Bonchev–Trinajstić information content (AvgIpc) is 2.34. The Kier molecular flexibility index (Phi) is 6.34. The molecule has 5 nitrogen and oxygen atoms in total. The van der Waals surface area contributed by atoms with E-state index in [4.69, 9.17) is 0 Å². The molecule has 1 heterocycles. The molecule has 1 rings (SSSR count). The van der Waals surface area contributed by atoms with Gasteiger partial charge in [-0.3, -0.25) is 9.59 Å². The van der Waals surface area contributed by atoms with Gasteiger partial charge in [-0.15, -0.1) is 0 Å². The zero-order valence-electron chi connectivity index (χ0n) is 13.4. The molecule has 0 fully saturated rings. The maximum absolute atomic E-state index is 12.3. The quantitative estimate of drug-likeness (QED) is 0.846. The van der Waals surface area contributed by atoms with Crippen molar-refractivity contribution in [2.24, 2.45) is 11.8 Å². The lowest BCUT2D eigenvalue weighted by atomic mass is 10.0. The van der Waals surface area contributed by atoms with E-state index >= 15 is 0 Å². The van der Waals surface area contributed by atoms with E-state index in [-0.39, 0.29) is 23.7 Å². The van der Waals surface area contributed by atoms with Crippen LogP contribution in [0, 0.1) is 18.8 Å². The molecule has 1 aromatic rings. The molecule has 1 aromatic heterocycles. The molecule has 0 aromatic carbocycles. The monoisotopic (exact) mass is 291 g/mol. The molecule has 0 saturated heterocycles. The first kappa shape index (κ1) is 17.1. The van der Waals surface area contributed by atoms with Crippen molar-refractivity contribution < 1.29 is 9.59 Å². The number of anilines is 1. The van der Waals surface area contributed by atoms with Crippen LogP contribution < -0.4 is 10.6 Å². The lowest BCUT2D eigenvalue weighted by molar-refractivity contribution is -0.127. The largest absolute Gasteiger partial charge is 0.344 e. The average molecular weight is 291 g/mol. The minimum absolute atomic E-state index is 0.00548. The molecule has 0 aliphatic rings. The van der Waals surface area contributed by atoms with Crippen LogP contribution in [-0.4, -0.2) is 22.8 Å². The Morgan fingerprint density at radius 3 is 2.43 bits per heavy atom. The maximum Gasteiger partial charge on any atom is 0.248 e. The highest BCUT2D eigenvalue weighted by Gasteiger charge is 2.24. The molecule has 1 unspecified atom stereocenters. The molecule has 1 atom stereocenters. The topological polar surface area (TPSA) is 71.1 Å². The molecule has 0 radical (unpaired) electrons. The van der Waals surface area contributed by atoms with Crippen LogP contribution in [0.1, 0.15) is 39.7 Å². The number of nitrogens with zero attached hydrogens (tertiary/aromatic N) is 1. The Morgan fingerprint density at radius 2 is 1.90 bits per heavy atom. The smallest absolute Gasteiger partial charge is 0.248 e. The fourth-order valence-electron chi connectivity index (χ4n) is 1.95. The van der Waals surface area contributed by atoms with Crippen LogP contribution in [0.2, 0.25) is 0 Å². The number of aryl methyl sites for hydroxylation is 1. The Balaban J connectivity index is 2.71. The molecule has 116 valence electrons. The molecule has 2 amide bonds. The van der Waals surface area contributed by atoms with Gasteiger partial charge in [0.1, 0.15) is 11.9 Å². The summed E-state index contributed by atoms with van der Waals surface area (Å²) in [6.45, 7) is 9.69. The van der Waals surface area contributed by atoms with Crippen LogP contribution in [0.3, 0.4) is 0 Å². The number of aromatic nitrogens is 1. The molecule has 21 heavy (non-hydrogen) atoms. The highest BCUT2D eigenvalue weighted by atomic mass is 16.2. The minimum Gasteiger partial charge on any atom is -0.344 e. The van der Waals surface area contributed by atoms with Crippen LogP contribution in [0.15, 0.2) is 18.3 Å². The molecular weight excluding hydrogens is 266 g/mol. The van der Waals surface area contributed by atoms with Gasteiger partial charge in [0.2, 0.25) is 11.8 Å². The number of carbonyl (C=O) groups excluding carboxylic acids is 2. The van der Waals surface area contributed by atoms with Crippen LogP contribution >= 0.6 is 0 Å². The number of pyridine rings is 1. The summed E-state index contributed by atoms with van der Waals surface area (Å²) in [7, 11) is 0. The molecule has 0 spiro atoms. The zero-order chi connectivity index (χ0) is 16.0. The number of carbonyl (C=O) groups is 2. The molecular formula is C16H25N3O2. The Hall–Kier alpha value is -1.91. The zero-order valence-corrected chi connectivity index (χ0v) is 13.4. The summed E-state index contributed by atoms with van der Waals surface area (Å²) in [5, 5.41) is 5.56. The van der Waals surface area contributed by atoms with Gasteiger partial charge in [0, 0.05) is 12.6 Å². The third-order valence-electron chi connectivity index (χ3n) is 3.03. The van der Waals surface area contributed by atoms with E-state index in [0.717, 1.165) is 5.56 Å². The van der Waals surface area contributed by atoms with Gasteiger partial charge >= 0.3 is 0 Å². The summed E-state index contributed by atoms with van der Waals surface area (Å²) in [6, 6.07) is 3.10. The maximum atomic E-state index is 12.3. The van der Waals surface area contributed by atoms with Crippen molar-refractivity contribution in [3.05, 3.63) is 23.9 Å².